The fraction of sp³-hybridized carbons (Fsp3) is 0.211. The van der Waals surface area contributed by atoms with Crippen molar-refractivity contribution in [1.29, 1.82) is 0 Å². The fourth-order valence-electron chi connectivity index (χ4n) is 2.08. The monoisotopic (exact) mass is 390 g/mol. The minimum Gasteiger partial charge on any atom is -0.493 e. The SMILES string of the molecule is CC(=O)c1ccc(SCC(=O)Nc2ccc(OCCC(N)=O)cc2)c(F)c1. The maximum absolute atomic E-state index is 13.9. The van der Waals surface area contributed by atoms with Crippen molar-refractivity contribution in [2.75, 3.05) is 17.7 Å². The molecule has 0 bridgehead atoms. The van der Waals surface area contributed by atoms with E-state index in [2.05, 4.69) is 5.32 Å². The van der Waals surface area contributed by atoms with Gasteiger partial charge >= 0.3 is 0 Å². The van der Waals surface area contributed by atoms with Crippen LogP contribution in [0, 0.1) is 5.82 Å². The number of carbonyl (C=O) groups excluding carboxylic acids is 3. The Morgan fingerprint density at radius 2 is 1.85 bits per heavy atom. The number of ether oxygens (including phenoxy) is 1. The Balaban J connectivity index is 1.83. The second kappa shape index (κ2) is 9.72. The zero-order valence-corrected chi connectivity index (χ0v) is 15.5. The van der Waals surface area contributed by atoms with Gasteiger partial charge in [0.25, 0.3) is 0 Å². The van der Waals surface area contributed by atoms with Gasteiger partial charge in [-0.2, -0.15) is 0 Å². The smallest absolute Gasteiger partial charge is 0.234 e. The highest BCUT2D eigenvalue weighted by atomic mass is 32.2. The van der Waals surface area contributed by atoms with Gasteiger partial charge in [0.1, 0.15) is 11.6 Å². The van der Waals surface area contributed by atoms with Gasteiger partial charge in [0.15, 0.2) is 5.78 Å². The number of hydrogen-bond donors (Lipinski definition) is 2. The molecule has 2 rings (SSSR count). The largest absolute Gasteiger partial charge is 0.493 e. The van der Waals surface area contributed by atoms with Crippen LogP contribution in [0.5, 0.6) is 5.75 Å². The molecular weight excluding hydrogens is 371 g/mol. The summed E-state index contributed by atoms with van der Waals surface area (Å²) in [5, 5.41) is 2.70. The summed E-state index contributed by atoms with van der Waals surface area (Å²) in [4.78, 5) is 34.2. The third-order valence-electron chi connectivity index (χ3n) is 3.45. The summed E-state index contributed by atoms with van der Waals surface area (Å²) in [5.74, 6) is -0.909. The molecule has 3 N–H and O–H groups in total. The normalized spacial score (nSPS) is 10.3. The standard InChI is InChI=1S/C19H19FN2O4S/c1-12(23)13-2-7-17(16(20)10-13)27-11-19(25)22-14-3-5-15(6-4-14)26-9-8-18(21)24/h2-7,10H,8-9,11H2,1H3,(H2,21,24)(H,22,25). The van der Waals surface area contributed by atoms with E-state index >= 15 is 0 Å². The van der Waals surface area contributed by atoms with E-state index in [4.69, 9.17) is 10.5 Å². The maximum atomic E-state index is 13.9. The summed E-state index contributed by atoms with van der Waals surface area (Å²) in [6.45, 7) is 1.55. The molecule has 8 heteroatoms. The number of amides is 2. The summed E-state index contributed by atoms with van der Waals surface area (Å²) in [5.41, 5.74) is 5.89. The number of rotatable bonds is 9. The number of hydrogen-bond acceptors (Lipinski definition) is 5. The van der Waals surface area contributed by atoms with Crippen LogP contribution in [-0.2, 0) is 9.59 Å². The van der Waals surface area contributed by atoms with Crippen molar-refractivity contribution in [3.63, 3.8) is 0 Å². The highest BCUT2D eigenvalue weighted by molar-refractivity contribution is 8.00. The lowest BCUT2D eigenvalue weighted by Gasteiger charge is -2.08. The van der Waals surface area contributed by atoms with Crippen LogP contribution >= 0.6 is 11.8 Å². The van der Waals surface area contributed by atoms with Gasteiger partial charge in [-0.1, -0.05) is 6.07 Å². The second-order valence-electron chi connectivity index (χ2n) is 5.63. The number of Topliss-reactive ketones (excluding diaryl/α,β-unsaturated/α-hetero) is 1. The molecule has 0 radical (unpaired) electrons. The molecule has 0 spiro atoms. The molecule has 0 atom stereocenters. The maximum Gasteiger partial charge on any atom is 0.234 e. The van der Waals surface area contributed by atoms with Crippen LogP contribution in [0.25, 0.3) is 0 Å². The van der Waals surface area contributed by atoms with Gasteiger partial charge in [0.05, 0.1) is 18.8 Å². The molecule has 0 saturated carbocycles. The fourth-order valence-corrected chi connectivity index (χ4v) is 2.80. The van der Waals surface area contributed by atoms with Crippen LogP contribution in [0.4, 0.5) is 10.1 Å². The average molecular weight is 390 g/mol. The molecule has 0 aliphatic heterocycles. The van der Waals surface area contributed by atoms with Crippen molar-refractivity contribution < 1.29 is 23.5 Å². The second-order valence-corrected chi connectivity index (χ2v) is 6.64. The number of halogens is 1. The molecule has 0 unspecified atom stereocenters. The molecule has 142 valence electrons. The Morgan fingerprint density at radius 1 is 1.15 bits per heavy atom. The van der Waals surface area contributed by atoms with E-state index in [0.29, 0.717) is 21.9 Å². The molecule has 2 amide bonds. The van der Waals surface area contributed by atoms with Gasteiger partial charge in [-0.05, 0) is 43.3 Å². The van der Waals surface area contributed by atoms with Crippen molar-refractivity contribution >= 4 is 35.0 Å². The number of nitrogens with two attached hydrogens (primary N) is 1. The molecule has 0 aliphatic carbocycles. The quantitative estimate of drug-likeness (QED) is 0.507. The highest BCUT2D eigenvalue weighted by Gasteiger charge is 2.10. The number of thioether (sulfide) groups is 1. The lowest BCUT2D eigenvalue weighted by atomic mass is 10.1. The summed E-state index contributed by atoms with van der Waals surface area (Å²) < 4.78 is 19.3. The summed E-state index contributed by atoms with van der Waals surface area (Å²) >= 11 is 1.04. The van der Waals surface area contributed by atoms with Gasteiger partial charge in [-0.15, -0.1) is 11.8 Å². The first kappa shape index (κ1) is 20.4. The van der Waals surface area contributed by atoms with Crippen LogP contribution in [0.1, 0.15) is 23.7 Å². The minimum atomic E-state index is -0.530. The molecule has 27 heavy (non-hydrogen) atoms. The van der Waals surface area contributed by atoms with E-state index in [0.717, 1.165) is 11.8 Å². The number of nitrogens with one attached hydrogen (secondary N) is 1. The molecule has 0 aromatic heterocycles. The van der Waals surface area contributed by atoms with Crippen molar-refractivity contribution in [3.05, 3.63) is 53.8 Å². The van der Waals surface area contributed by atoms with Gasteiger partial charge in [0.2, 0.25) is 11.8 Å². The molecule has 6 nitrogen and oxygen atoms in total. The van der Waals surface area contributed by atoms with Gasteiger partial charge in [0, 0.05) is 16.1 Å². The van der Waals surface area contributed by atoms with Gasteiger partial charge < -0.3 is 15.8 Å². The molecule has 0 fully saturated rings. The minimum absolute atomic E-state index is 0.0210. The molecule has 2 aromatic rings. The Bertz CT molecular complexity index is 840. The van der Waals surface area contributed by atoms with Gasteiger partial charge in [-0.25, -0.2) is 4.39 Å². The Morgan fingerprint density at radius 3 is 2.44 bits per heavy atom. The van der Waals surface area contributed by atoms with E-state index in [-0.39, 0.29) is 30.5 Å². The number of primary amides is 1. The Kier molecular flexibility index (Phi) is 7.36. The van der Waals surface area contributed by atoms with Crippen molar-refractivity contribution in [1.82, 2.24) is 0 Å². The number of ketones is 1. The predicted molar refractivity (Wildman–Crippen MR) is 102 cm³/mol. The Labute approximate surface area is 160 Å². The van der Waals surface area contributed by atoms with E-state index in [1.54, 1.807) is 24.3 Å². The highest BCUT2D eigenvalue weighted by Crippen LogP contribution is 2.23. The number of anilines is 1. The van der Waals surface area contributed by atoms with Crippen LogP contribution in [0.3, 0.4) is 0 Å². The van der Waals surface area contributed by atoms with Crippen molar-refractivity contribution in [3.8, 4) is 5.75 Å². The molecule has 0 heterocycles. The summed E-state index contributed by atoms with van der Waals surface area (Å²) in [6.07, 6.45) is 0.125. The number of benzene rings is 2. The summed E-state index contributed by atoms with van der Waals surface area (Å²) in [6, 6.07) is 10.8. The third kappa shape index (κ3) is 6.74. The first-order chi connectivity index (χ1) is 12.8. The van der Waals surface area contributed by atoms with Crippen molar-refractivity contribution in [2.24, 2.45) is 5.73 Å². The zero-order valence-electron chi connectivity index (χ0n) is 14.7. The molecular formula is C19H19FN2O4S. The van der Waals surface area contributed by atoms with Gasteiger partial charge in [-0.3, -0.25) is 14.4 Å². The molecule has 2 aromatic carbocycles. The average Bonchev–Trinajstić information content (AvgIpc) is 2.61. The van der Waals surface area contributed by atoms with E-state index in [1.807, 2.05) is 0 Å². The van der Waals surface area contributed by atoms with Crippen LogP contribution < -0.4 is 15.8 Å². The first-order valence-corrected chi connectivity index (χ1v) is 9.08. The van der Waals surface area contributed by atoms with Crippen LogP contribution in [-0.4, -0.2) is 30.0 Å². The lowest BCUT2D eigenvalue weighted by molar-refractivity contribution is -0.118. The summed E-state index contributed by atoms with van der Waals surface area (Å²) in [7, 11) is 0. The van der Waals surface area contributed by atoms with Crippen molar-refractivity contribution in [2.45, 2.75) is 18.2 Å². The predicted octanol–water partition coefficient (Wildman–Crippen LogP) is 3.01. The van der Waals surface area contributed by atoms with E-state index in [9.17, 15) is 18.8 Å². The molecule has 0 saturated heterocycles. The van der Waals surface area contributed by atoms with E-state index < -0.39 is 11.7 Å². The van der Waals surface area contributed by atoms with Crippen LogP contribution in [0.2, 0.25) is 0 Å². The molecule has 0 aliphatic rings. The third-order valence-corrected chi connectivity index (χ3v) is 4.50. The first-order valence-electron chi connectivity index (χ1n) is 8.09. The Hall–Kier alpha value is -2.87. The topological polar surface area (TPSA) is 98.5 Å². The zero-order chi connectivity index (χ0) is 19.8. The number of carbonyl (C=O) groups is 3. The lowest BCUT2D eigenvalue weighted by Crippen LogP contribution is -2.15. The van der Waals surface area contributed by atoms with E-state index in [1.165, 1.54) is 25.1 Å². The van der Waals surface area contributed by atoms with Crippen LogP contribution in [0.15, 0.2) is 47.4 Å².